The number of nitrogens with two attached hydrogens (primary N) is 2. The first-order valence-electron chi connectivity index (χ1n) is 16.5. The average Bonchev–Trinajstić information content (AvgIpc) is 4.00. The van der Waals surface area contributed by atoms with Crippen LogP contribution in [0.2, 0.25) is 0 Å². The maximum atomic E-state index is 12.1. The van der Waals surface area contributed by atoms with Crippen LogP contribution in [0.5, 0.6) is 0 Å². The zero-order valence-electron chi connectivity index (χ0n) is 30.0. The van der Waals surface area contributed by atoms with Crippen molar-refractivity contribution >= 4 is 40.3 Å². The first-order valence-corrected chi connectivity index (χ1v) is 18.2. The molecule has 1 aliphatic heterocycles. The molecule has 0 saturated heterocycles. The number of aliphatic carboxylic acids is 1. The van der Waals surface area contributed by atoms with E-state index in [1.165, 1.54) is 51.6 Å². The van der Waals surface area contributed by atoms with Crippen molar-refractivity contribution in [2.75, 3.05) is 7.05 Å². The Kier molecular flexibility index (Phi) is 12.5. The molecule has 6 N–H and O–H groups in total. The number of allylic oxidation sites excluding steroid dienone is 1. The first kappa shape index (κ1) is 38.8. The van der Waals surface area contributed by atoms with Crippen LogP contribution in [-0.2, 0) is 4.79 Å². The van der Waals surface area contributed by atoms with E-state index in [4.69, 9.17) is 14.6 Å². The van der Waals surface area contributed by atoms with E-state index in [1.807, 2.05) is 48.2 Å². The molecule has 6 aromatic rings. The minimum Gasteiger partial charge on any atom is -0.478 e. The van der Waals surface area contributed by atoms with E-state index in [0.29, 0.717) is 34.4 Å². The van der Waals surface area contributed by atoms with E-state index >= 15 is 0 Å². The Hall–Kier alpha value is -6.44. The number of nitrogens with zero attached hydrogens (tertiary/aromatic N) is 3. The minimum absolute atomic E-state index is 0.0466. The van der Waals surface area contributed by atoms with Gasteiger partial charge in [-0.1, -0.05) is 12.7 Å². The van der Waals surface area contributed by atoms with E-state index < -0.39 is 18.0 Å². The molecule has 11 nitrogen and oxygen atoms in total. The monoisotopic (exact) mass is 761 g/mol. The molecule has 0 amide bonds. The number of carbonyl (C=O) groups is 2. The Morgan fingerprint density at radius 2 is 1.54 bits per heavy atom. The summed E-state index contributed by atoms with van der Waals surface area (Å²) in [6, 6.07) is 17.8. The molecule has 0 spiro atoms. The SMILES string of the molecule is C/C=C\N.C=CN.Cc1csc(-c2sc(-c3ccc(-c4ccc(-c5ccnc(C6=CC(C(=O)O)=CC(c7cc(C(=O)O)ccn7)N6C)c5)o4)o3)cc2C)c1. The number of rotatable bonds is 8. The Morgan fingerprint density at radius 1 is 0.889 bits per heavy atom. The van der Waals surface area contributed by atoms with Gasteiger partial charge in [0.25, 0.3) is 0 Å². The summed E-state index contributed by atoms with van der Waals surface area (Å²) in [5.41, 5.74) is 14.2. The van der Waals surface area contributed by atoms with Gasteiger partial charge in [0.2, 0.25) is 0 Å². The summed E-state index contributed by atoms with van der Waals surface area (Å²) in [6.45, 7) is 9.23. The van der Waals surface area contributed by atoms with E-state index in [9.17, 15) is 19.8 Å². The molecule has 54 heavy (non-hydrogen) atoms. The smallest absolute Gasteiger partial charge is 0.335 e. The third kappa shape index (κ3) is 8.77. The van der Waals surface area contributed by atoms with Gasteiger partial charge in [-0.3, -0.25) is 9.97 Å². The fourth-order valence-corrected chi connectivity index (χ4v) is 7.71. The number of carboxylic acids is 2. The van der Waals surface area contributed by atoms with Crippen molar-refractivity contribution in [2.45, 2.75) is 26.8 Å². The van der Waals surface area contributed by atoms with Crippen LogP contribution >= 0.6 is 22.7 Å². The lowest BCUT2D eigenvalue weighted by Crippen LogP contribution is -2.27. The number of carboxylic acid groups (broad SMARTS) is 2. The molecule has 13 heteroatoms. The number of pyridine rings is 2. The second-order valence-electron chi connectivity index (χ2n) is 11.9. The van der Waals surface area contributed by atoms with Gasteiger partial charge in [-0.2, -0.15) is 0 Å². The zero-order valence-corrected chi connectivity index (χ0v) is 31.7. The number of aryl methyl sites for hydroxylation is 2. The van der Waals surface area contributed by atoms with Crippen LogP contribution in [0.1, 0.15) is 45.8 Å². The third-order valence-corrected chi connectivity index (χ3v) is 10.6. The molecule has 0 fully saturated rings. The van der Waals surface area contributed by atoms with Gasteiger partial charge in [-0.25, -0.2) is 9.59 Å². The summed E-state index contributed by atoms with van der Waals surface area (Å²) >= 11 is 3.45. The van der Waals surface area contributed by atoms with Crippen molar-refractivity contribution in [2.24, 2.45) is 11.5 Å². The maximum absolute atomic E-state index is 12.1. The van der Waals surface area contributed by atoms with Gasteiger partial charge < -0.3 is 35.4 Å². The highest BCUT2D eigenvalue weighted by Gasteiger charge is 2.28. The Balaban J connectivity index is 0.000000741. The highest BCUT2D eigenvalue weighted by atomic mass is 32.1. The lowest BCUT2D eigenvalue weighted by Gasteiger charge is -2.33. The van der Waals surface area contributed by atoms with E-state index in [2.05, 4.69) is 53.6 Å². The van der Waals surface area contributed by atoms with Gasteiger partial charge in [0.1, 0.15) is 11.5 Å². The van der Waals surface area contributed by atoms with Crippen molar-refractivity contribution in [3.05, 3.63) is 149 Å². The molecule has 1 aliphatic rings. The van der Waals surface area contributed by atoms with Crippen molar-refractivity contribution in [3.63, 3.8) is 0 Å². The Morgan fingerprint density at radius 3 is 2.17 bits per heavy atom. The van der Waals surface area contributed by atoms with Crippen molar-refractivity contribution in [3.8, 4) is 43.2 Å². The van der Waals surface area contributed by atoms with Gasteiger partial charge in [0.15, 0.2) is 11.5 Å². The van der Waals surface area contributed by atoms with Crippen molar-refractivity contribution in [1.29, 1.82) is 0 Å². The number of hydrogen-bond acceptors (Lipinski definition) is 11. The topological polar surface area (TPSA) is 182 Å². The second-order valence-corrected chi connectivity index (χ2v) is 13.9. The van der Waals surface area contributed by atoms with Crippen LogP contribution in [-0.4, -0.2) is 44.1 Å². The van der Waals surface area contributed by atoms with Crippen LogP contribution in [0.15, 0.2) is 130 Å². The molecule has 1 unspecified atom stereocenters. The largest absolute Gasteiger partial charge is 0.478 e. The average molecular weight is 762 g/mol. The van der Waals surface area contributed by atoms with Crippen molar-refractivity contribution in [1.82, 2.24) is 14.9 Å². The van der Waals surface area contributed by atoms with Gasteiger partial charge in [0, 0.05) is 34.8 Å². The zero-order chi connectivity index (χ0) is 38.9. The van der Waals surface area contributed by atoms with Gasteiger partial charge in [0.05, 0.1) is 39.1 Å². The lowest BCUT2D eigenvalue weighted by atomic mass is 9.98. The summed E-state index contributed by atoms with van der Waals surface area (Å²) in [5, 5.41) is 21.5. The molecule has 1 atom stereocenters. The Bertz CT molecular complexity index is 2370. The maximum Gasteiger partial charge on any atom is 0.335 e. The molecule has 7 rings (SSSR count). The van der Waals surface area contributed by atoms with Crippen molar-refractivity contribution < 1.29 is 28.6 Å². The van der Waals surface area contributed by atoms with Crippen LogP contribution in [0.25, 0.3) is 48.9 Å². The molecule has 0 aliphatic carbocycles. The lowest BCUT2D eigenvalue weighted by molar-refractivity contribution is -0.132. The normalized spacial score (nSPS) is 13.6. The van der Waals surface area contributed by atoms with E-state index in [1.54, 1.807) is 54.1 Å². The van der Waals surface area contributed by atoms with E-state index in [-0.39, 0.29) is 11.1 Å². The van der Waals surface area contributed by atoms with Crippen LogP contribution < -0.4 is 11.5 Å². The summed E-state index contributed by atoms with van der Waals surface area (Å²) < 4.78 is 12.5. The number of likely N-dealkylation sites (N-methyl/N-ethyl adjacent to an activating group) is 1. The van der Waals surface area contributed by atoms with Crippen LogP contribution in [0, 0.1) is 13.8 Å². The number of furan rings is 2. The summed E-state index contributed by atoms with van der Waals surface area (Å²) in [6.07, 6.45) is 10.6. The highest BCUT2D eigenvalue weighted by molar-refractivity contribution is 7.23. The van der Waals surface area contributed by atoms with Gasteiger partial charge >= 0.3 is 11.9 Å². The molecular weight excluding hydrogens is 723 g/mol. The number of thiophene rings is 2. The fourth-order valence-electron chi connectivity index (χ4n) is 5.49. The minimum atomic E-state index is -1.12. The molecule has 0 saturated carbocycles. The van der Waals surface area contributed by atoms with Gasteiger partial charge in [-0.15, -0.1) is 22.7 Å². The molecule has 0 aromatic carbocycles. The van der Waals surface area contributed by atoms with Gasteiger partial charge in [-0.05, 0) is 122 Å². The predicted molar refractivity (Wildman–Crippen MR) is 215 cm³/mol. The number of aromatic carboxylic acids is 1. The first-order chi connectivity index (χ1) is 26.0. The number of hydrogen-bond donors (Lipinski definition) is 4. The summed E-state index contributed by atoms with van der Waals surface area (Å²) in [5.74, 6) is 0.318. The summed E-state index contributed by atoms with van der Waals surface area (Å²) in [7, 11) is 1.79. The number of aromatic nitrogens is 2. The quantitative estimate of drug-likeness (QED) is 0.116. The van der Waals surface area contributed by atoms with E-state index in [0.717, 1.165) is 16.2 Å². The molecule has 0 radical (unpaired) electrons. The highest BCUT2D eigenvalue weighted by Crippen LogP contribution is 2.42. The van der Waals surface area contributed by atoms with Crippen LogP contribution in [0.4, 0.5) is 0 Å². The van der Waals surface area contributed by atoms with Crippen LogP contribution in [0.3, 0.4) is 0 Å². The Labute approximate surface area is 320 Å². The standard InChI is InChI=1S/C36H27N3O6S2.C3H7N.C2H5N/c1-19-12-33(46-18-19)34-20(2)13-32(47-34)31-7-6-30(45-31)29-5-4-28(44-29)21-8-10-37-24(14-21)26-16-23(36(42)43)17-27(39(26)3)25-15-22(35(40)41)9-11-38-25;1-2-3-4;1-2-3/h4-18,27H,1-3H3,(H,40,41)(H,42,43);2-3H,4H2,1H3;2H,1,3H2/b;3-2-;. The fraction of sp³-hybridized carbons (Fsp3) is 0.122. The third-order valence-electron chi connectivity index (χ3n) is 8.07. The molecule has 276 valence electrons. The molecular formula is C41H39N5O6S2. The molecule has 7 heterocycles. The molecule has 0 bridgehead atoms. The second kappa shape index (κ2) is 17.4. The predicted octanol–water partition coefficient (Wildman–Crippen LogP) is 9.37. The molecule has 6 aromatic heterocycles. The summed E-state index contributed by atoms with van der Waals surface area (Å²) in [4.78, 5) is 37.9.